The molecule has 2 heterocycles. The average molecular weight is 309 g/mol. The normalized spacial score (nSPS) is 18.4. The van der Waals surface area contributed by atoms with Crippen molar-refractivity contribution in [1.29, 1.82) is 0 Å². The summed E-state index contributed by atoms with van der Waals surface area (Å²) in [6.07, 6.45) is 1.71. The summed E-state index contributed by atoms with van der Waals surface area (Å²) in [5, 5.41) is 3.23. The first-order valence-corrected chi connectivity index (χ1v) is 8.51. The SMILES string of the molecule is Cc1cc(S(=O)(=O)N(C)C2CCNCC2)sc1Cl. The highest BCUT2D eigenvalue weighted by atomic mass is 35.5. The molecule has 102 valence electrons. The predicted octanol–water partition coefficient (Wildman–Crippen LogP) is 2.08. The Labute approximate surface area is 117 Å². The maximum Gasteiger partial charge on any atom is 0.252 e. The minimum absolute atomic E-state index is 0.0810. The maximum atomic E-state index is 12.5. The van der Waals surface area contributed by atoms with Crippen molar-refractivity contribution < 1.29 is 8.42 Å². The van der Waals surface area contributed by atoms with E-state index in [1.807, 2.05) is 6.92 Å². The number of nitrogens with zero attached hydrogens (tertiary/aromatic N) is 1. The number of hydrogen-bond acceptors (Lipinski definition) is 4. The predicted molar refractivity (Wildman–Crippen MR) is 74.9 cm³/mol. The summed E-state index contributed by atoms with van der Waals surface area (Å²) in [4.78, 5) is 0. The number of hydrogen-bond donors (Lipinski definition) is 1. The summed E-state index contributed by atoms with van der Waals surface area (Å²) in [6, 6.07) is 1.73. The molecule has 0 atom stereocenters. The van der Waals surface area contributed by atoms with Crippen LogP contribution < -0.4 is 5.32 Å². The summed E-state index contributed by atoms with van der Waals surface area (Å²) < 4.78 is 27.3. The van der Waals surface area contributed by atoms with Gasteiger partial charge in [-0.25, -0.2) is 8.42 Å². The summed E-state index contributed by atoms with van der Waals surface area (Å²) in [7, 11) is -1.74. The Morgan fingerprint density at radius 2 is 2.06 bits per heavy atom. The highest BCUT2D eigenvalue weighted by molar-refractivity contribution is 7.91. The molecule has 4 nitrogen and oxygen atoms in total. The van der Waals surface area contributed by atoms with Crippen molar-refractivity contribution in [1.82, 2.24) is 9.62 Å². The van der Waals surface area contributed by atoms with Gasteiger partial charge in [0.05, 0.1) is 4.34 Å². The standard InChI is InChI=1S/C11H17ClN2O2S2/c1-8-7-10(17-11(8)12)18(15,16)14(2)9-3-5-13-6-4-9/h7,9,13H,3-6H2,1-2H3. The molecule has 1 aliphatic rings. The third-order valence-electron chi connectivity index (χ3n) is 3.29. The van der Waals surface area contributed by atoms with Gasteiger partial charge in [-0.2, -0.15) is 4.31 Å². The second-order valence-corrected chi connectivity index (χ2v) is 8.40. The van der Waals surface area contributed by atoms with E-state index in [9.17, 15) is 8.42 Å². The quantitative estimate of drug-likeness (QED) is 0.930. The fourth-order valence-corrected chi connectivity index (χ4v) is 5.38. The summed E-state index contributed by atoms with van der Waals surface area (Å²) >= 11 is 7.09. The Morgan fingerprint density at radius 3 is 2.56 bits per heavy atom. The lowest BCUT2D eigenvalue weighted by atomic mass is 10.1. The van der Waals surface area contributed by atoms with Gasteiger partial charge < -0.3 is 5.32 Å². The van der Waals surface area contributed by atoms with Crippen LogP contribution >= 0.6 is 22.9 Å². The Morgan fingerprint density at radius 1 is 1.44 bits per heavy atom. The molecule has 1 aromatic rings. The number of sulfonamides is 1. The molecule has 1 aliphatic heterocycles. The van der Waals surface area contributed by atoms with Crippen LogP contribution in [0.2, 0.25) is 4.34 Å². The van der Waals surface area contributed by atoms with E-state index >= 15 is 0 Å². The van der Waals surface area contributed by atoms with Gasteiger partial charge in [-0.15, -0.1) is 11.3 Å². The Bertz CT molecular complexity index is 502. The molecule has 18 heavy (non-hydrogen) atoms. The monoisotopic (exact) mass is 308 g/mol. The lowest BCUT2D eigenvalue weighted by Crippen LogP contribution is -2.43. The Balaban J connectivity index is 2.24. The van der Waals surface area contributed by atoms with Gasteiger partial charge in [0.25, 0.3) is 10.0 Å². The zero-order valence-corrected chi connectivity index (χ0v) is 12.8. The van der Waals surface area contributed by atoms with E-state index in [2.05, 4.69) is 5.32 Å². The third-order valence-corrected chi connectivity index (χ3v) is 7.21. The van der Waals surface area contributed by atoms with E-state index < -0.39 is 10.0 Å². The highest BCUT2D eigenvalue weighted by Gasteiger charge is 2.30. The molecule has 1 aromatic heterocycles. The molecule has 0 saturated carbocycles. The van der Waals surface area contributed by atoms with Gasteiger partial charge in [0.2, 0.25) is 0 Å². The van der Waals surface area contributed by atoms with Crippen LogP contribution in [0.3, 0.4) is 0 Å². The minimum atomic E-state index is -3.40. The van der Waals surface area contributed by atoms with Crippen LogP contribution in [-0.2, 0) is 10.0 Å². The fraction of sp³-hybridized carbons (Fsp3) is 0.636. The van der Waals surface area contributed by atoms with Gasteiger partial charge in [-0.3, -0.25) is 0 Å². The number of thiophene rings is 1. The molecule has 0 aromatic carbocycles. The first kappa shape index (κ1) is 14.3. The summed E-state index contributed by atoms with van der Waals surface area (Å²) in [5.41, 5.74) is 0.818. The van der Waals surface area contributed by atoms with E-state index in [1.54, 1.807) is 13.1 Å². The Hall–Kier alpha value is -0.140. The fourth-order valence-electron chi connectivity index (χ4n) is 2.07. The van der Waals surface area contributed by atoms with Crippen LogP contribution in [-0.4, -0.2) is 38.9 Å². The molecule has 0 radical (unpaired) electrons. The molecule has 0 aliphatic carbocycles. The lowest BCUT2D eigenvalue weighted by Gasteiger charge is -2.30. The van der Waals surface area contributed by atoms with Crippen molar-refractivity contribution in [3.8, 4) is 0 Å². The van der Waals surface area contributed by atoms with Gasteiger partial charge in [-0.1, -0.05) is 11.6 Å². The molecule has 0 bridgehead atoms. The van der Waals surface area contributed by atoms with Gasteiger partial charge in [0.15, 0.2) is 0 Å². The molecule has 1 fully saturated rings. The van der Waals surface area contributed by atoms with Crippen molar-refractivity contribution in [2.24, 2.45) is 0 Å². The third kappa shape index (κ3) is 2.72. The van der Waals surface area contributed by atoms with E-state index in [4.69, 9.17) is 11.6 Å². The first-order valence-electron chi connectivity index (χ1n) is 5.87. The van der Waals surface area contributed by atoms with Crippen molar-refractivity contribution in [2.75, 3.05) is 20.1 Å². The average Bonchev–Trinajstić information content (AvgIpc) is 2.70. The highest BCUT2D eigenvalue weighted by Crippen LogP contribution is 2.32. The van der Waals surface area contributed by atoms with Crippen LogP contribution in [0.1, 0.15) is 18.4 Å². The van der Waals surface area contributed by atoms with Gasteiger partial charge in [-0.05, 0) is 44.5 Å². The molecule has 0 amide bonds. The Kier molecular flexibility index (Phi) is 4.33. The van der Waals surface area contributed by atoms with Crippen molar-refractivity contribution in [3.63, 3.8) is 0 Å². The summed E-state index contributed by atoms with van der Waals surface area (Å²) in [5.74, 6) is 0. The lowest BCUT2D eigenvalue weighted by molar-refractivity contribution is 0.297. The molecule has 7 heteroatoms. The van der Waals surface area contributed by atoms with Crippen LogP contribution in [0.4, 0.5) is 0 Å². The van der Waals surface area contributed by atoms with E-state index in [-0.39, 0.29) is 6.04 Å². The number of rotatable bonds is 3. The molecule has 0 unspecified atom stereocenters. The largest absolute Gasteiger partial charge is 0.317 e. The van der Waals surface area contributed by atoms with E-state index in [1.165, 1.54) is 4.31 Å². The van der Waals surface area contributed by atoms with Gasteiger partial charge in [0, 0.05) is 13.1 Å². The van der Waals surface area contributed by atoms with E-state index in [0.717, 1.165) is 42.8 Å². The molecular weight excluding hydrogens is 292 g/mol. The number of piperidine rings is 1. The van der Waals surface area contributed by atoms with Crippen LogP contribution in [0.25, 0.3) is 0 Å². The molecule has 2 rings (SSSR count). The van der Waals surface area contributed by atoms with Crippen LogP contribution in [0.15, 0.2) is 10.3 Å². The number of halogens is 1. The summed E-state index contributed by atoms with van der Waals surface area (Å²) in [6.45, 7) is 3.56. The zero-order valence-electron chi connectivity index (χ0n) is 10.4. The number of aryl methyl sites for hydroxylation is 1. The second-order valence-electron chi connectivity index (χ2n) is 4.52. The number of nitrogens with one attached hydrogen (secondary N) is 1. The van der Waals surface area contributed by atoms with Crippen LogP contribution in [0.5, 0.6) is 0 Å². The maximum absolute atomic E-state index is 12.5. The molecule has 1 N–H and O–H groups in total. The van der Waals surface area contributed by atoms with Gasteiger partial charge >= 0.3 is 0 Å². The molecule has 1 saturated heterocycles. The van der Waals surface area contributed by atoms with Crippen molar-refractivity contribution >= 4 is 33.0 Å². The van der Waals surface area contributed by atoms with Crippen molar-refractivity contribution in [3.05, 3.63) is 16.0 Å². The zero-order chi connectivity index (χ0) is 13.3. The molecular formula is C11H17ClN2O2S2. The van der Waals surface area contributed by atoms with Crippen LogP contribution in [0, 0.1) is 6.92 Å². The smallest absolute Gasteiger partial charge is 0.252 e. The second kappa shape index (κ2) is 5.46. The van der Waals surface area contributed by atoms with Crippen molar-refractivity contribution in [2.45, 2.75) is 30.0 Å². The van der Waals surface area contributed by atoms with Gasteiger partial charge in [0.1, 0.15) is 4.21 Å². The minimum Gasteiger partial charge on any atom is -0.317 e. The van der Waals surface area contributed by atoms with E-state index in [0.29, 0.717) is 8.55 Å². The first-order chi connectivity index (χ1) is 8.43. The topological polar surface area (TPSA) is 49.4 Å². The molecule has 0 spiro atoms.